The van der Waals surface area contributed by atoms with Crippen LogP contribution in [0.5, 0.6) is 46.0 Å². The van der Waals surface area contributed by atoms with Crippen molar-refractivity contribution in [1.29, 1.82) is 0 Å². The maximum atomic E-state index is 16.7. The fourth-order valence-electron chi connectivity index (χ4n) is 16.9. The number of phenols is 3. The Hall–Kier alpha value is -11.7. The second-order valence-corrected chi connectivity index (χ2v) is 35.8. The molecule has 11 bridgehead atoms. The normalized spacial score (nSPS) is 28.6. The first-order valence-electron chi connectivity index (χ1n) is 42.3. The molecule has 133 heavy (non-hydrogen) atoms. The van der Waals surface area contributed by atoms with Crippen LogP contribution in [0.4, 0.5) is 0 Å². The number of ether oxygens (including phenoxy) is 8. The van der Waals surface area contributed by atoms with Crippen LogP contribution in [0.25, 0.3) is 22.3 Å². The predicted molar refractivity (Wildman–Crippen MR) is 469 cm³/mol. The first-order valence-corrected chi connectivity index (χ1v) is 43.4. The summed E-state index contributed by atoms with van der Waals surface area (Å²) in [4.78, 5) is 161. The first-order chi connectivity index (χ1) is 62.9. The highest BCUT2D eigenvalue weighted by Gasteiger charge is 2.53. The van der Waals surface area contributed by atoms with Crippen LogP contribution in [0.3, 0.4) is 0 Å². The molecule has 8 heterocycles. The van der Waals surface area contributed by atoms with Crippen molar-refractivity contribution in [2.45, 2.75) is 213 Å². The highest BCUT2D eigenvalue weighted by molar-refractivity contribution is 6.32. The largest absolute Gasteiger partial charge is 0.508 e. The number of amides is 8. The van der Waals surface area contributed by atoms with E-state index in [2.05, 4.69) is 37.2 Å². The molecule has 710 valence electrons. The summed E-state index contributed by atoms with van der Waals surface area (Å²) in [6.07, 6.45) is -24.4. The summed E-state index contributed by atoms with van der Waals surface area (Å²) in [7, 11) is 1.18. The molecular weight excluding hydrogens is 1800 g/mol. The summed E-state index contributed by atoms with van der Waals surface area (Å²) in [5, 5.41) is 135. The number of hydrogen-bond donors (Lipinski definition) is 19. The minimum absolute atomic E-state index is 0.168. The molecule has 3 fully saturated rings. The summed E-state index contributed by atoms with van der Waals surface area (Å²) >= 11 is 20.9. The Bertz CT molecular complexity index is 5600. The summed E-state index contributed by atoms with van der Waals surface area (Å²) in [5.41, 5.74) is 9.15. The van der Waals surface area contributed by atoms with Crippen molar-refractivity contribution in [3.63, 3.8) is 0 Å². The number of hydrogen-bond acceptors (Lipinski definition) is 30. The van der Waals surface area contributed by atoms with Crippen LogP contribution in [0.15, 0.2) is 127 Å². The number of nitrogens with two attached hydrogens (primary N) is 2. The van der Waals surface area contributed by atoms with E-state index in [-0.39, 0.29) is 49.5 Å². The van der Waals surface area contributed by atoms with E-state index in [1.165, 1.54) is 33.0 Å². The highest BCUT2D eigenvalue weighted by Crippen LogP contribution is 2.51. The van der Waals surface area contributed by atoms with E-state index in [1.807, 2.05) is 36.4 Å². The molecular formula is C91H101Cl3N10O29. The van der Waals surface area contributed by atoms with Crippen LogP contribution in [-0.4, -0.2) is 238 Å². The maximum absolute atomic E-state index is 16.7. The van der Waals surface area contributed by atoms with Crippen LogP contribution >= 0.6 is 34.8 Å². The number of benzene rings is 7. The molecule has 8 amide bonds. The molecule has 39 nitrogen and oxygen atoms in total. The van der Waals surface area contributed by atoms with Crippen molar-refractivity contribution in [3.05, 3.63) is 176 Å². The summed E-state index contributed by atoms with van der Waals surface area (Å²) < 4.78 is 52.9. The average Bonchev–Trinajstić information content (AvgIpc) is 0.749. The number of aldehydes is 2. The number of nitrogens with one attached hydrogen (secondary N) is 7. The van der Waals surface area contributed by atoms with Gasteiger partial charge in [-0.1, -0.05) is 103 Å². The number of carboxylic acids is 1. The number of phenolic OH excluding ortho intramolecular Hbond substituents is 3. The number of rotatable bonds is 23. The molecule has 0 unspecified atom stereocenters. The summed E-state index contributed by atoms with van der Waals surface area (Å²) in [6.45, 7) is 8.62. The van der Waals surface area contributed by atoms with Crippen molar-refractivity contribution >= 4 is 101 Å². The van der Waals surface area contributed by atoms with Gasteiger partial charge in [0.1, 0.15) is 108 Å². The fourth-order valence-corrected chi connectivity index (χ4v) is 17.4. The van der Waals surface area contributed by atoms with Gasteiger partial charge in [-0.15, -0.1) is 0 Å². The molecule has 8 aliphatic heterocycles. The quantitative estimate of drug-likeness (QED) is 0.0316. The lowest BCUT2D eigenvalue weighted by atomic mass is 9.84. The van der Waals surface area contributed by atoms with E-state index < -0.39 is 302 Å². The number of halogens is 3. The molecule has 3 saturated heterocycles. The molecule has 42 heteroatoms. The van der Waals surface area contributed by atoms with Crippen LogP contribution < -0.4 is 62.9 Å². The van der Waals surface area contributed by atoms with Crippen LogP contribution in [0.1, 0.15) is 137 Å². The molecule has 0 saturated carbocycles. The molecule has 21 N–H and O–H groups in total. The van der Waals surface area contributed by atoms with Gasteiger partial charge in [0.15, 0.2) is 36.2 Å². The lowest BCUT2D eigenvalue weighted by molar-refractivity contribution is -0.334. The van der Waals surface area contributed by atoms with Gasteiger partial charge in [0, 0.05) is 71.7 Å². The lowest BCUT2D eigenvalue weighted by Crippen LogP contribution is -2.65. The zero-order valence-corrected chi connectivity index (χ0v) is 74.7. The van der Waals surface area contributed by atoms with Gasteiger partial charge in [-0.05, 0) is 146 Å². The van der Waals surface area contributed by atoms with Gasteiger partial charge in [-0.3, -0.25) is 38.4 Å². The molecule has 8 aliphatic rings. The number of carboxylic acid groups (broad SMARTS) is 1. The lowest BCUT2D eigenvalue weighted by Gasteiger charge is -2.48. The van der Waals surface area contributed by atoms with E-state index in [0.29, 0.717) is 5.02 Å². The topological polar surface area (TPSA) is 603 Å². The predicted octanol–water partition coefficient (Wildman–Crippen LogP) is 4.14. The Morgan fingerprint density at radius 2 is 1.23 bits per heavy atom. The number of aliphatic hydroxyl groups is 6. The minimum Gasteiger partial charge on any atom is -0.508 e. The molecule has 7 aromatic carbocycles. The number of carbonyl (C=O) groups is 11. The molecule has 0 aromatic heterocycles. The van der Waals surface area contributed by atoms with Crippen molar-refractivity contribution < 1.29 is 142 Å². The summed E-state index contributed by atoms with van der Waals surface area (Å²) in [6, 6.07) is 12.7. The zero-order valence-electron chi connectivity index (χ0n) is 72.4. The monoisotopic (exact) mass is 1900 g/mol. The third-order valence-electron chi connectivity index (χ3n) is 24.2. The van der Waals surface area contributed by atoms with Gasteiger partial charge < -0.3 is 152 Å². The number of fused-ring (bicyclic) bond motifs is 15. The van der Waals surface area contributed by atoms with E-state index in [9.17, 15) is 79.8 Å². The number of carbonyl (C=O) groups excluding carboxylic acids is 10. The smallest absolute Gasteiger partial charge is 0.330 e. The third-order valence-corrected chi connectivity index (χ3v) is 25.0. The number of primary amides is 1. The van der Waals surface area contributed by atoms with Gasteiger partial charge in [0.05, 0.1) is 53.4 Å². The van der Waals surface area contributed by atoms with Gasteiger partial charge in [0.25, 0.3) is 0 Å². The van der Waals surface area contributed by atoms with Crippen molar-refractivity contribution in [2.24, 2.45) is 23.3 Å². The van der Waals surface area contributed by atoms with E-state index >= 15 is 24.0 Å². The number of nitrogens with zero attached hydrogens (tertiary/aromatic N) is 1. The standard InChI is InChI=1S/C91H101Cl3N10O29/c1-38(2)22-56(104(7)65(112)23-42(35-105)36-106)83(119)102-72-74(113)46-15-20-59(53(93)25-46)128-61-27-48-28-62(78(61)133-89-79(76(115)75(114)63(37-107)130-89)132-67-33-91(6,81(117)40(4)127-67)97-34-41-8-10-43(11-9-41)44-12-17-49(92)18-13-44)129-60-21-16-47(26-54(60)94)77(131-66-32-90(5,96)80(116)39(3)126-66)73-87(123)101-71(88(124)125)52-29-50(108)30-58(110)68(52)51-24-45(14-19-57(51)109)69(84(120)103-73)100-85(121)70(48)99-82(118)55(31-64(95)111)98-86(72)122/h8-21,24-30,35-36,38-40,42,55-56,63,66-67,69-77,79-81,89,97,107-110,113-117H,22-23,31-34,37,96H2,1-7H3,(H2,95,111)(H,98,122)(H,99,118)(H,100,121)(H,101,123)(H,102,119)(H,103,120)(H,124,125)/t39-,40-,55-,56+,63+,66-,67-,69+,70+,71-,72+,73-,74+,75+,76-,77+,79+,80-,81-,89-,90-,91-/m0/s1. The molecule has 15 rings (SSSR count). The second-order valence-electron chi connectivity index (χ2n) is 34.5. The van der Waals surface area contributed by atoms with Gasteiger partial charge in [-0.2, -0.15) is 0 Å². The van der Waals surface area contributed by atoms with Crippen molar-refractivity contribution in [1.82, 2.24) is 42.1 Å². The first kappa shape index (κ1) is 98.8. The third kappa shape index (κ3) is 21.9. The number of likely N-dealkylation sites (N-methyl/N-ethyl adjacent to an activating group) is 1. The summed E-state index contributed by atoms with van der Waals surface area (Å²) in [5.74, 6) is -20.0. The van der Waals surface area contributed by atoms with Crippen LogP contribution in [0, 0.1) is 11.8 Å². The Kier molecular flexibility index (Phi) is 30.4. The Labute approximate surface area is 774 Å². The van der Waals surface area contributed by atoms with Gasteiger partial charge >= 0.3 is 5.97 Å². The minimum atomic E-state index is -2.48. The molecule has 7 aromatic rings. The fraction of sp³-hybridized carbons (Fsp3) is 0.418. The molecule has 0 radical (unpaired) electrons. The number of aliphatic carboxylic acids is 1. The molecule has 0 aliphatic carbocycles. The SMILES string of the molecule is CC(C)C[C@H](C(=O)N[C@H]1C(=O)N[C@@H](CC(N)=O)C(=O)N[C@H]2C(=O)N[C@H]3C(=O)N[C@H](C(=O)N[C@H](C(=O)O)c4cc(O)cc(O)c4-c4cc3ccc4O)[C@H](O[C@H]3C[C@](C)(N)[C@@H](O)[C@H](C)O3)c3ccc(c(Cl)c3)Oc3cc2cc(c3O[C@@H]2O[C@H](CO)[C@@H](O)[C@H](O)[C@H]2O[C@H]2C[C@](C)(NCc3ccc(-c4ccc(Cl)cc4)cc3)[C@@H](O)[C@H](C)O2)Oc2ccc(cc2Cl)[C@H]1O)N(C)C(=O)CC(C=O)C=O. The average molecular weight is 1910 g/mol. The van der Waals surface area contributed by atoms with Crippen molar-refractivity contribution in [3.8, 4) is 68.2 Å². The van der Waals surface area contributed by atoms with Gasteiger partial charge in [-0.25, -0.2) is 4.79 Å². The van der Waals surface area contributed by atoms with E-state index in [4.69, 9.17) is 84.2 Å². The van der Waals surface area contributed by atoms with Crippen LogP contribution in [0.2, 0.25) is 15.1 Å². The molecule has 22 atom stereocenters. The van der Waals surface area contributed by atoms with E-state index in [1.54, 1.807) is 39.8 Å². The van der Waals surface area contributed by atoms with Crippen molar-refractivity contribution in [2.75, 3.05) is 13.7 Å². The Morgan fingerprint density at radius 1 is 0.647 bits per heavy atom. The molecule has 0 spiro atoms. The number of aromatic hydroxyl groups is 3. The second kappa shape index (κ2) is 41.0. The van der Waals surface area contributed by atoms with E-state index in [0.717, 1.165) is 88.3 Å². The van der Waals surface area contributed by atoms with Gasteiger partial charge in [0.2, 0.25) is 59.3 Å². The number of aliphatic hydroxyl groups excluding tert-OH is 6. The Balaban J connectivity index is 1.02. The highest BCUT2D eigenvalue weighted by atomic mass is 35.5. The maximum Gasteiger partial charge on any atom is 0.330 e. The Morgan fingerprint density at radius 3 is 1.83 bits per heavy atom. The zero-order chi connectivity index (χ0) is 96.4. The van der Waals surface area contributed by atoms with Crippen LogP contribution in [-0.2, 0) is 83.0 Å².